The summed E-state index contributed by atoms with van der Waals surface area (Å²) in [5, 5.41) is 21.6. The van der Waals surface area contributed by atoms with Crippen molar-refractivity contribution in [3.63, 3.8) is 0 Å². The van der Waals surface area contributed by atoms with Crippen LogP contribution in [-0.4, -0.2) is 40.9 Å². The molecule has 0 spiro atoms. The quantitative estimate of drug-likeness (QED) is 0.843. The summed E-state index contributed by atoms with van der Waals surface area (Å²) in [7, 11) is 0. The summed E-state index contributed by atoms with van der Waals surface area (Å²) in [5.74, 6) is 0.649. The zero-order valence-electron chi connectivity index (χ0n) is 10.4. The molecule has 3 unspecified atom stereocenters. The molecule has 3 nitrogen and oxygen atoms in total. The number of hydrogen-bond donors (Lipinski definition) is 2. The van der Waals surface area contributed by atoms with Crippen molar-refractivity contribution in [2.45, 2.75) is 23.2 Å². The third-order valence-electron chi connectivity index (χ3n) is 3.39. The number of benzene rings is 2. The molecule has 1 fully saturated rings. The molecule has 2 aromatic carbocycles. The summed E-state index contributed by atoms with van der Waals surface area (Å²) in [6.07, 6.45) is -1.80. The lowest BCUT2D eigenvalue weighted by molar-refractivity contribution is 0.0337. The second kappa shape index (κ2) is 5.51. The zero-order valence-corrected chi connectivity index (χ0v) is 11.2. The van der Waals surface area contributed by atoms with Gasteiger partial charge in [-0.2, -0.15) is 0 Å². The van der Waals surface area contributed by atoms with E-state index in [9.17, 15) is 10.2 Å². The van der Waals surface area contributed by atoms with Crippen LogP contribution < -0.4 is 0 Å². The van der Waals surface area contributed by atoms with Crippen molar-refractivity contribution < 1.29 is 14.9 Å². The van der Waals surface area contributed by atoms with Gasteiger partial charge in [0.2, 0.25) is 0 Å². The van der Waals surface area contributed by atoms with Crippen LogP contribution >= 0.6 is 11.8 Å². The van der Waals surface area contributed by atoms with Crippen LogP contribution in [0.15, 0.2) is 47.4 Å². The summed E-state index contributed by atoms with van der Waals surface area (Å²) < 4.78 is 5.37. The second-order valence-electron chi connectivity index (χ2n) is 4.75. The SMILES string of the molecule is OC1COC(CSc2ccc3ccccc3c2)C1O. The molecular formula is C15H16O3S. The van der Waals surface area contributed by atoms with Crippen molar-refractivity contribution in [2.75, 3.05) is 12.4 Å². The van der Waals surface area contributed by atoms with Crippen LogP contribution in [-0.2, 0) is 4.74 Å². The number of aliphatic hydroxyl groups is 2. The first-order valence-corrected chi connectivity index (χ1v) is 7.32. The van der Waals surface area contributed by atoms with Crippen LogP contribution in [0.3, 0.4) is 0 Å². The Morgan fingerprint density at radius 2 is 1.89 bits per heavy atom. The van der Waals surface area contributed by atoms with E-state index in [-0.39, 0.29) is 12.7 Å². The molecule has 0 radical (unpaired) electrons. The van der Waals surface area contributed by atoms with Gasteiger partial charge in [0.25, 0.3) is 0 Å². The molecule has 1 saturated heterocycles. The lowest BCUT2D eigenvalue weighted by Gasteiger charge is -2.14. The third-order valence-corrected chi connectivity index (χ3v) is 4.47. The maximum absolute atomic E-state index is 9.72. The standard InChI is InChI=1S/C15H16O3S/c16-13-8-18-14(15(13)17)9-19-12-6-5-10-3-1-2-4-11(10)7-12/h1-7,13-17H,8-9H2. The second-order valence-corrected chi connectivity index (χ2v) is 5.84. The predicted octanol–water partition coefficient (Wildman–Crippen LogP) is 2.05. The van der Waals surface area contributed by atoms with Gasteiger partial charge in [-0.05, 0) is 22.9 Å². The smallest absolute Gasteiger partial charge is 0.109 e. The average Bonchev–Trinajstić information content (AvgIpc) is 2.76. The van der Waals surface area contributed by atoms with Gasteiger partial charge >= 0.3 is 0 Å². The van der Waals surface area contributed by atoms with Crippen molar-refractivity contribution in [2.24, 2.45) is 0 Å². The first-order valence-electron chi connectivity index (χ1n) is 6.33. The third kappa shape index (κ3) is 2.77. The molecule has 1 aliphatic rings. The van der Waals surface area contributed by atoms with Crippen LogP contribution in [0.5, 0.6) is 0 Å². The summed E-state index contributed by atoms with van der Waals surface area (Å²) in [6.45, 7) is 0.226. The fourth-order valence-corrected chi connectivity index (χ4v) is 3.27. The van der Waals surface area contributed by atoms with E-state index in [1.807, 2.05) is 12.1 Å². The number of aliphatic hydroxyl groups excluding tert-OH is 2. The van der Waals surface area contributed by atoms with Crippen LogP contribution in [0.1, 0.15) is 0 Å². The van der Waals surface area contributed by atoms with Crippen molar-refractivity contribution in [3.8, 4) is 0 Å². The largest absolute Gasteiger partial charge is 0.388 e. The Hall–Kier alpha value is -1.07. The molecule has 100 valence electrons. The summed E-state index contributed by atoms with van der Waals surface area (Å²) in [4.78, 5) is 1.15. The minimum Gasteiger partial charge on any atom is -0.388 e. The zero-order chi connectivity index (χ0) is 13.2. The van der Waals surface area contributed by atoms with Gasteiger partial charge in [-0.1, -0.05) is 30.3 Å². The van der Waals surface area contributed by atoms with Gasteiger partial charge in [0.1, 0.15) is 12.2 Å². The molecule has 0 saturated carbocycles. The molecule has 0 aliphatic carbocycles. The first kappa shape index (κ1) is 12.9. The molecular weight excluding hydrogens is 260 g/mol. The van der Waals surface area contributed by atoms with Crippen molar-refractivity contribution >= 4 is 22.5 Å². The highest BCUT2D eigenvalue weighted by molar-refractivity contribution is 7.99. The first-order chi connectivity index (χ1) is 9.24. The molecule has 0 amide bonds. The molecule has 0 bridgehead atoms. The maximum atomic E-state index is 9.72. The van der Waals surface area contributed by atoms with Crippen LogP contribution in [0.25, 0.3) is 10.8 Å². The van der Waals surface area contributed by atoms with Crippen LogP contribution in [0.4, 0.5) is 0 Å². The van der Waals surface area contributed by atoms with Gasteiger partial charge in [-0.15, -0.1) is 11.8 Å². The van der Waals surface area contributed by atoms with E-state index in [2.05, 4.69) is 30.3 Å². The number of ether oxygens (including phenoxy) is 1. The van der Waals surface area contributed by atoms with Gasteiger partial charge in [0.05, 0.1) is 12.7 Å². The normalized spacial score (nSPS) is 26.9. The van der Waals surface area contributed by atoms with Gasteiger partial charge in [0.15, 0.2) is 0 Å². The van der Waals surface area contributed by atoms with E-state index in [1.165, 1.54) is 10.8 Å². The molecule has 3 rings (SSSR count). The molecule has 2 N–H and O–H groups in total. The van der Waals surface area contributed by atoms with Crippen molar-refractivity contribution in [3.05, 3.63) is 42.5 Å². The van der Waals surface area contributed by atoms with Crippen molar-refractivity contribution in [1.29, 1.82) is 0 Å². The molecule has 1 heterocycles. The van der Waals surface area contributed by atoms with Gasteiger partial charge < -0.3 is 14.9 Å². The number of rotatable bonds is 3. The lowest BCUT2D eigenvalue weighted by Crippen LogP contribution is -2.31. The Balaban J connectivity index is 1.68. The highest BCUT2D eigenvalue weighted by Crippen LogP contribution is 2.27. The summed E-state index contributed by atoms with van der Waals surface area (Å²) in [6, 6.07) is 14.5. The minimum absolute atomic E-state index is 0.226. The van der Waals surface area contributed by atoms with E-state index >= 15 is 0 Å². The Morgan fingerprint density at radius 1 is 1.11 bits per heavy atom. The predicted molar refractivity (Wildman–Crippen MR) is 76.4 cm³/mol. The minimum atomic E-state index is -0.770. The number of thioether (sulfide) groups is 1. The Bertz CT molecular complexity index is 572. The lowest BCUT2D eigenvalue weighted by atomic mass is 10.1. The van der Waals surface area contributed by atoms with E-state index in [1.54, 1.807) is 11.8 Å². The average molecular weight is 276 g/mol. The van der Waals surface area contributed by atoms with Gasteiger partial charge in [-0.3, -0.25) is 0 Å². The Kier molecular flexibility index (Phi) is 3.75. The monoisotopic (exact) mass is 276 g/mol. The summed E-state index contributed by atoms with van der Waals surface area (Å²) in [5.41, 5.74) is 0. The maximum Gasteiger partial charge on any atom is 0.109 e. The molecule has 19 heavy (non-hydrogen) atoms. The van der Waals surface area contributed by atoms with E-state index in [4.69, 9.17) is 4.74 Å². The Labute approximate surface area is 116 Å². The molecule has 0 aromatic heterocycles. The van der Waals surface area contributed by atoms with Crippen LogP contribution in [0, 0.1) is 0 Å². The van der Waals surface area contributed by atoms with E-state index in [0.29, 0.717) is 5.75 Å². The highest BCUT2D eigenvalue weighted by atomic mass is 32.2. The van der Waals surface area contributed by atoms with Crippen molar-refractivity contribution in [1.82, 2.24) is 0 Å². The van der Waals surface area contributed by atoms with E-state index < -0.39 is 12.2 Å². The number of fused-ring (bicyclic) bond motifs is 1. The highest BCUT2D eigenvalue weighted by Gasteiger charge is 2.34. The fraction of sp³-hybridized carbons (Fsp3) is 0.333. The molecule has 2 aromatic rings. The van der Waals surface area contributed by atoms with Gasteiger partial charge in [0, 0.05) is 10.6 Å². The topological polar surface area (TPSA) is 49.7 Å². The molecule has 4 heteroatoms. The van der Waals surface area contributed by atoms with Crippen LogP contribution in [0.2, 0.25) is 0 Å². The number of hydrogen-bond acceptors (Lipinski definition) is 4. The molecule has 1 aliphatic heterocycles. The van der Waals surface area contributed by atoms with Gasteiger partial charge in [-0.25, -0.2) is 0 Å². The Morgan fingerprint density at radius 3 is 2.63 bits per heavy atom. The van der Waals surface area contributed by atoms with E-state index in [0.717, 1.165) is 4.90 Å². The fourth-order valence-electron chi connectivity index (χ4n) is 2.25. The molecule has 3 atom stereocenters. The summed E-state index contributed by atoms with van der Waals surface area (Å²) >= 11 is 1.64.